The molecule has 1 unspecified atom stereocenters. The smallest absolute Gasteiger partial charge is 0.229 e. The van der Waals surface area contributed by atoms with E-state index in [2.05, 4.69) is 47.2 Å². The van der Waals surface area contributed by atoms with Gasteiger partial charge < -0.3 is 15.0 Å². The van der Waals surface area contributed by atoms with E-state index >= 15 is 0 Å². The third-order valence-electron chi connectivity index (χ3n) is 7.86. The summed E-state index contributed by atoms with van der Waals surface area (Å²) in [6.45, 7) is 4.61. The molecule has 2 aliphatic rings. The van der Waals surface area contributed by atoms with Gasteiger partial charge in [0.05, 0.1) is 5.69 Å². The van der Waals surface area contributed by atoms with Gasteiger partial charge in [0.1, 0.15) is 5.69 Å². The highest BCUT2D eigenvalue weighted by atomic mass is 16.3. The molecule has 6 heteroatoms. The van der Waals surface area contributed by atoms with E-state index in [-0.39, 0.29) is 23.8 Å². The van der Waals surface area contributed by atoms with E-state index in [4.69, 9.17) is 0 Å². The van der Waals surface area contributed by atoms with Crippen molar-refractivity contribution in [2.45, 2.75) is 58.8 Å². The molecule has 6 nitrogen and oxygen atoms in total. The Labute approximate surface area is 189 Å². The minimum Gasteiger partial charge on any atom is -0.396 e. The van der Waals surface area contributed by atoms with E-state index in [1.807, 2.05) is 18.0 Å². The molecule has 3 N–H and O–H groups in total. The predicted octanol–water partition coefficient (Wildman–Crippen LogP) is 4.83. The highest BCUT2D eigenvalue weighted by Crippen LogP contribution is 2.38. The van der Waals surface area contributed by atoms with Crippen LogP contribution >= 0.6 is 0 Å². The lowest BCUT2D eigenvalue weighted by Gasteiger charge is -2.31. The molecule has 32 heavy (non-hydrogen) atoms. The number of aliphatic hydroxyl groups is 1. The first-order chi connectivity index (χ1) is 15.4. The summed E-state index contributed by atoms with van der Waals surface area (Å²) in [5, 5.41) is 18.7. The Hall–Kier alpha value is -2.60. The molecule has 1 saturated carbocycles. The van der Waals surface area contributed by atoms with E-state index in [9.17, 15) is 9.90 Å². The predicted molar refractivity (Wildman–Crippen MR) is 128 cm³/mol. The summed E-state index contributed by atoms with van der Waals surface area (Å²) < 4.78 is 0. The molecule has 1 atom stereocenters. The lowest BCUT2D eigenvalue weighted by Crippen LogP contribution is -2.34. The molecule has 170 valence electrons. The van der Waals surface area contributed by atoms with Gasteiger partial charge in [-0.2, -0.15) is 5.10 Å². The van der Waals surface area contributed by atoms with E-state index in [1.165, 1.54) is 5.56 Å². The molecule has 0 spiro atoms. The number of fused-ring (bicyclic) bond motifs is 2. The van der Waals surface area contributed by atoms with Gasteiger partial charge in [-0.3, -0.25) is 9.89 Å². The molecule has 0 aliphatic heterocycles. The first-order valence-electron chi connectivity index (χ1n) is 11.9. The fourth-order valence-corrected chi connectivity index (χ4v) is 5.48. The lowest BCUT2D eigenvalue weighted by atomic mass is 9.75. The van der Waals surface area contributed by atoms with Gasteiger partial charge in [-0.25, -0.2) is 0 Å². The third kappa shape index (κ3) is 3.75. The highest BCUT2D eigenvalue weighted by molar-refractivity contribution is 5.97. The standard InChI is InChI=1S/C26H34N4O2/c1-16-4-6-17(7-5-16)25(32)30(3)19-9-8-18-12-22(27-21(18)13-19)24-20-10-11-26(2,15-31)14-23(20)28-29-24/h8-9,12-13,16-17,27,31H,4-7,10-11,14-15H2,1-3H3,(H,28,29). The zero-order chi connectivity index (χ0) is 22.5. The minimum atomic E-state index is -0.0698. The number of hydrogen-bond acceptors (Lipinski definition) is 3. The molecule has 0 radical (unpaired) electrons. The molecule has 2 aromatic heterocycles. The summed E-state index contributed by atoms with van der Waals surface area (Å²) >= 11 is 0. The molecule has 3 aromatic rings. The molecule has 0 bridgehead atoms. The fraction of sp³-hybridized carbons (Fsp3) is 0.538. The zero-order valence-corrected chi connectivity index (χ0v) is 19.4. The summed E-state index contributed by atoms with van der Waals surface area (Å²) in [6.07, 6.45) is 6.99. The maximum Gasteiger partial charge on any atom is 0.229 e. The summed E-state index contributed by atoms with van der Waals surface area (Å²) in [5.41, 5.74) is 6.23. The molecular formula is C26H34N4O2. The Morgan fingerprint density at radius 3 is 2.78 bits per heavy atom. The van der Waals surface area contributed by atoms with Crippen LogP contribution < -0.4 is 4.90 Å². The van der Waals surface area contributed by atoms with Crippen molar-refractivity contribution in [3.63, 3.8) is 0 Å². The van der Waals surface area contributed by atoms with Crippen LogP contribution in [0.25, 0.3) is 22.3 Å². The van der Waals surface area contributed by atoms with Gasteiger partial charge in [0.2, 0.25) is 5.91 Å². The maximum absolute atomic E-state index is 13.1. The van der Waals surface area contributed by atoms with Crippen molar-refractivity contribution in [2.75, 3.05) is 18.6 Å². The van der Waals surface area contributed by atoms with E-state index in [0.29, 0.717) is 0 Å². The van der Waals surface area contributed by atoms with E-state index in [1.54, 1.807) is 0 Å². The largest absolute Gasteiger partial charge is 0.396 e. The van der Waals surface area contributed by atoms with E-state index in [0.717, 1.165) is 84.5 Å². The number of carbonyl (C=O) groups excluding carboxylic acids is 1. The van der Waals surface area contributed by atoms with Crippen LogP contribution in [-0.4, -0.2) is 39.8 Å². The van der Waals surface area contributed by atoms with Crippen molar-refractivity contribution in [3.8, 4) is 11.4 Å². The van der Waals surface area contributed by atoms with Gasteiger partial charge in [-0.15, -0.1) is 0 Å². The number of amides is 1. The highest BCUT2D eigenvalue weighted by Gasteiger charge is 2.33. The Balaban J connectivity index is 1.39. The molecular weight excluding hydrogens is 400 g/mol. The topological polar surface area (TPSA) is 85.0 Å². The number of carbonyl (C=O) groups is 1. The third-order valence-corrected chi connectivity index (χ3v) is 7.86. The molecule has 0 saturated heterocycles. The van der Waals surface area contributed by atoms with Crippen LogP contribution in [-0.2, 0) is 17.6 Å². The first kappa shape index (κ1) is 21.3. The number of rotatable bonds is 4. The Morgan fingerprint density at radius 1 is 1.25 bits per heavy atom. The molecule has 1 fully saturated rings. The summed E-state index contributed by atoms with van der Waals surface area (Å²) in [5.74, 6) is 1.12. The number of H-pyrrole nitrogens is 2. The fourth-order valence-electron chi connectivity index (χ4n) is 5.48. The van der Waals surface area contributed by atoms with Gasteiger partial charge in [-0.1, -0.05) is 19.9 Å². The van der Waals surface area contributed by atoms with Crippen molar-refractivity contribution < 1.29 is 9.90 Å². The number of aromatic nitrogens is 3. The number of nitrogens with zero attached hydrogens (tertiary/aromatic N) is 2. The zero-order valence-electron chi connectivity index (χ0n) is 19.4. The quantitative estimate of drug-likeness (QED) is 0.550. The minimum absolute atomic E-state index is 0.0698. The summed E-state index contributed by atoms with van der Waals surface area (Å²) in [6, 6.07) is 8.33. The van der Waals surface area contributed by atoms with Gasteiger partial charge in [0.15, 0.2) is 0 Å². The SMILES string of the molecule is CC1CCC(C(=O)N(C)c2ccc3cc(-c4n[nH]c5c4CCC(C)(CO)C5)[nH]c3c2)CC1. The number of benzene rings is 1. The van der Waals surface area contributed by atoms with E-state index < -0.39 is 0 Å². The van der Waals surface area contributed by atoms with Crippen molar-refractivity contribution >= 4 is 22.5 Å². The van der Waals surface area contributed by atoms with Gasteiger partial charge in [0.25, 0.3) is 0 Å². The average Bonchev–Trinajstić information content (AvgIpc) is 3.41. The molecule has 1 amide bonds. The second-order valence-electron chi connectivity index (χ2n) is 10.5. The first-order valence-corrected chi connectivity index (χ1v) is 11.9. The van der Waals surface area contributed by atoms with Crippen molar-refractivity contribution in [1.82, 2.24) is 15.2 Å². The maximum atomic E-state index is 13.1. The van der Waals surface area contributed by atoms with Crippen LogP contribution in [0.15, 0.2) is 24.3 Å². The molecule has 5 rings (SSSR count). The summed E-state index contributed by atoms with van der Waals surface area (Å²) in [7, 11) is 1.90. The number of aromatic amines is 2. The Bertz CT molecular complexity index is 1140. The molecule has 2 heterocycles. The molecule has 1 aromatic carbocycles. The summed E-state index contributed by atoms with van der Waals surface area (Å²) in [4.78, 5) is 18.4. The van der Waals surface area contributed by atoms with Crippen LogP contribution in [0.4, 0.5) is 5.69 Å². The monoisotopic (exact) mass is 434 g/mol. The number of nitrogens with one attached hydrogen (secondary N) is 2. The second-order valence-corrected chi connectivity index (χ2v) is 10.5. The number of hydrogen-bond donors (Lipinski definition) is 3. The Kier molecular flexibility index (Phi) is 5.36. The number of anilines is 1. The average molecular weight is 435 g/mol. The van der Waals surface area contributed by atoms with Crippen LogP contribution in [0, 0.1) is 17.3 Å². The molecule has 2 aliphatic carbocycles. The van der Waals surface area contributed by atoms with Crippen molar-refractivity contribution in [1.29, 1.82) is 0 Å². The van der Waals surface area contributed by atoms with Gasteiger partial charge in [0, 0.05) is 47.4 Å². The van der Waals surface area contributed by atoms with Crippen molar-refractivity contribution in [3.05, 3.63) is 35.5 Å². The second kappa shape index (κ2) is 8.07. The van der Waals surface area contributed by atoms with Crippen LogP contribution in [0.3, 0.4) is 0 Å². The van der Waals surface area contributed by atoms with Gasteiger partial charge >= 0.3 is 0 Å². The van der Waals surface area contributed by atoms with Gasteiger partial charge in [-0.05, 0) is 74.5 Å². The van der Waals surface area contributed by atoms with Crippen LogP contribution in [0.5, 0.6) is 0 Å². The lowest BCUT2D eigenvalue weighted by molar-refractivity contribution is -0.123. The normalized spacial score (nSPS) is 25.6. The Morgan fingerprint density at radius 2 is 2.03 bits per heavy atom. The van der Waals surface area contributed by atoms with Crippen LogP contribution in [0.1, 0.15) is 57.2 Å². The van der Waals surface area contributed by atoms with Crippen molar-refractivity contribution in [2.24, 2.45) is 17.3 Å². The number of aliphatic hydroxyl groups excluding tert-OH is 1. The van der Waals surface area contributed by atoms with Crippen LogP contribution in [0.2, 0.25) is 0 Å².